The summed E-state index contributed by atoms with van der Waals surface area (Å²) in [6.07, 6.45) is 7.93. The molecule has 1 heterocycles. The van der Waals surface area contributed by atoms with E-state index in [1.807, 2.05) is 23.9 Å². The summed E-state index contributed by atoms with van der Waals surface area (Å²) < 4.78 is 6.84. The fourth-order valence-electron chi connectivity index (χ4n) is 1.64. The fraction of sp³-hybridized carbons (Fsp3) is 0.538. The zero-order valence-corrected chi connectivity index (χ0v) is 10.2. The SMILES string of the molecule is CCOC(=O)CCCCCn1ccc(C=O)c1. The highest BCUT2D eigenvalue weighted by molar-refractivity contribution is 5.74. The first-order valence-corrected chi connectivity index (χ1v) is 6.03. The van der Waals surface area contributed by atoms with E-state index < -0.39 is 0 Å². The van der Waals surface area contributed by atoms with Gasteiger partial charge in [-0.2, -0.15) is 0 Å². The zero-order chi connectivity index (χ0) is 12.5. The molecule has 0 atom stereocenters. The Morgan fingerprint density at radius 2 is 2.24 bits per heavy atom. The topological polar surface area (TPSA) is 48.3 Å². The number of hydrogen-bond donors (Lipinski definition) is 0. The van der Waals surface area contributed by atoms with Gasteiger partial charge in [-0.3, -0.25) is 9.59 Å². The van der Waals surface area contributed by atoms with Crippen molar-refractivity contribution in [3.05, 3.63) is 24.0 Å². The molecule has 0 aliphatic heterocycles. The van der Waals surface area contributed by atoms with Crippen LogP contribution in [0.4, 0.5) is 0 Å². The minimum absolute atomic E-state index is 0.114. The quantitative estimate of drug-likeness (QED) is 0.396. The molecule has 4 heteroatoms. The predicted octanol–water partition coefficient (Wildman–Crippen LogP) is 2.42. The normalized spacial score (nSPS) is 10.2. The van der Waals surface area contributed by atoms with Crippen molar-refractivity contribution in [2.75, 3.05) is 6.61 Å². The van der Waals surface area contributed by atoms with Gasteiger partial charge in [-0.1, -0.05) is 6.42 Å². The lowest BCUT2D eigenvalue weighted by molar-refractivity contribution is -0.143. The van der Waals surface area contributed by atoms with Crippen molar-refractivity contribution in [1.29, 1.82) is 0 Å². The van der Waals surface area contributed by atoms with Gasteiger partial charge in [-0.05, 0) is 25.8 Å². The van der Waals surface area contributed by atoms with E-state index in [0.29, 0.717) is 18.6 Å². The number of esters is 1. The Kier molecular flexibility index (Phi) is 6.07. The molecule has 0 N–H and O–H groups in total. The van der Waals surface area contributed by atoms with Crippen molar-refractivity contribution in [2.24, 2.45) is 0 Å². The van der Waals surface area contributed by atoms with Gasteiger partial charge in [0.2, 0.25) is 0 Å². The maximum atomic E-state index is 11.1. The van der Waals surface area contributed by atoms with Crippen LogP contribution in [0.5, 0.6) is 0 Å². The molecule has 0 unspecified atom stereocenters. The van der Waals surface area contributed by atoms with Gasteiger partial charge >= 0.3 is 5.97 Å². The highest BCUT2D eigenvalue weighted by Gasteiger charge is 2.01. The van der Waals surface area contributed by atoms with E-state index in [-0.39, 0.29) is 5.97 Å². The number of aromatic nitrogens is 1. The summed E-state index contributed by atoms with van der Waals surface area (Å²) in [5, 5.41) is 0. The maximum Gasteiger partial charge on any atom is 0.305 e. The highest BCUT2D eigenvalue weighted by Crippen LogP contribution is 2.05. The lowest BCUT2D eigenvalue weighted by Gasteiger charge is -2.03. The number of hydrogen-bond acceptors (Lipinski definition) is 3. The number of ether oxygens (including phenoxy) is 1. The van der Waals surface area contributed by atoms with Gasteiger partial charge < -0.3 is 9.30 Å². The minimum atomic E-state index is -0.114. The summed E-state index contributed by atoms with van der Waals surface area (Å²) in [5.74, 6) is -0.114. The zero-order valence-electron chi connectivity index (χ0n) is 10.2. The molecule has 0 saturated carbocycles. The van der Waals surface area contributed by atoms with Crippen LogP contribution < -0.4 is 0 Å². The molecule has 0 amide bonds. The number of nitrogens with zero attached hydrogens (tertiary/aromatic N) is 1. The molecular formula is C13H19NO3. The van der Waals surface area contributed by atoms with Gasteiger partial charge in [0, 0.05) is 30.9 Å². The first-order chi connectivity index (χ1) is 8.26. The summed E-state index contributed by atoms with van der Waals surface area (Å²) in [4.78, 5) is 21.5. The molecule has 0 radical (unpaired) electrons. The third kappa shape index (κ3) is 5.33. The molecule has 4 nitrogen and oxygen atoms in total. The molecule has 0 spiro atoms. The monoisotopic (exact) mass is 237 g/mol. The van der Waals surface area contributed by atoms with E-state index in [2.05, 4.69) is 0 Å². The molecule has 1 rings (SSSR count). The fourth-order valence-corrected chi connectivity index (χ4v) is 1.64. The van der Waals surface area contributed by atoms with Crippen molar-refractivity contribution < 1.29 is 14.3 Å². The van der Waals surface area contributed by atoms with Gasteiger partial charge in [0.1, 0.15) is 0 Å². The second kappa shape index (κ2) is 7.65. The Bertz CT molecular complexity index is 357. The number of rotatable bonds is 8. The summed E-state index contributed by atoms with van der Waals surface area (Å²) in [5.41, 5.74) is 0.705. The predicted molar refractivity (Wildman–Crippen MR) is 64.9 cm³/mol. The van der Waals surface area contributed by atoms with E-state index in [1.165, 1.54) is 0 Å². The number of aryl methyl sites for hydroxylation is 1. The van der Waals surface area contributed by atoms with Crippen LogP contribution >= 0.6 is 0 Å². The Morgan fingerprint density at radius 3 is 2.88 bits per heavy atom. The van der Waals surface area contributed by atoms with Gasteiger partial charge in [-0.25, -0.2) is 0 Å². The first kappa shape index (κ1) is 13.5. The highest BCUT2D eigenvalue weighted by atomic mass is 16.5. The van der Waals surface area contributed by atoms with E-state index in [4.69, 9.17) is 4.74 Å². The van der Waals surface area contributed by atoms with Crippen LogP contribution in [-0.2, 0) is 16.1 Å². The Labute approximate surface area is 102 Å². The van der Waals surface area contributed by atoms with Crippen LogP contribution in [0.2, 0.25) is 0 Å². The number of carbonyl (C=O) groups is 2. The van der Waals surface area contributed by atoms with Crippen molar-refractivity contribution in [3.63, 3.8) is 0 Å². The summed E-state index contributed by atoms with van der Waals surface area (Å²) in [7, 11) is 0. The van der Waals surface area contributed by atoms with E-state index in [1.54, 1.807) is 6.07 Å². The lowest BCUT2D eigenvalue weighted by Crippen LogP contribution is -2.03. The molecular weight excluding hydrogens is 218 g/mol. The van der Waals surface area contributed by atoms with E-state index in [9.17, 15) is 9.59 Å². The second-order valence-corrected chi connectivity index (χ2v) is 3.92. The van der Waals surface area contributed by atoms with E-state index >= 15 is 0 Å². The minimum Gasteiger partial charge on any atom is -0.466 e. The second-order valence-electron chi connectivity index (χ2n) is 3.92. The molecule has 0 saturated heterocycles. The van der Waals surface area contributed by atoms with Crippen LogP contribution in [0.15, 0.2) is 18.5 Å². The van der Waals surface area contributed by atoms with Crippen LogP contribution in [0, 0.1) is 0 Å². The molecule has 1 aromatic rings. The molecule has 0 aliphatic carbocycles. The summed E-state index contributed by atoms with van der Waals surface area (Å²) in [6.45, 7) is 3.15. The Morgan fingerprint density at radius 1 is 1.41 bits per heavy atom. The van der Waals surface area contributed by atoms with Gasteiger partial charge in [0.05, 0.1) is 6.61 Å². The van der Waals surface area contributed by atoms with Crippen LogP contribution in [0.3, 0.4) is 0 Å². The maximum absolute atomic E-state index is 11.1. The molecule has 0 aromatic carbocycles. The average Bonchev–Trinajstić information content (AvgIpc) is 2.77. The smallest absolute Gasteiger partial charge is 0.305 e. The molecule has 0 bridgehead atoms. The molecule has 0 fully saturated rings. The van der Waals surface area contributed by atoms with Gasteiger partial charge in [0.25, 0.3) is 0 Å². The van der Waals surface area contributed by atoms with Crippen molar-refractivity contribution in [1.82, 2.24) is 4.57 Å². The van der Waals surface area contributed by atoms with Crippen LogP contribution in [0.1, 0.15) is 43.0 Å². The molecule has 0 aliphatic rings. The number of aldehydes is 1. The first-order valence-electron chi connectivity index (χ1n) is 6.03. The number of carbonyl (C=O) groups excluding carboxylic acids is 2. The Hall–Kier alpha value is -1.58. The third-order valence-corrected chi connectivity index (χ3v) is 2.51. The average molecular weight is 237 g/mol. The standard InChI is InChI=1S/C13H19NO3/c1-2-17-13(16)6-4-3-5-8-14-9-7-12(10-14)11-15/h7,9-11H,2-6,8H2,1H3. The Balaban J connectivity index is 2.08. The largest absolute Gasteiger partial charge is 0.466 e. The molecule has 17 heavy (non-hydrogen) atoms. The summed E-state index contributed by atoms with van der Waals surface area (Å²) >= 11 is 0. The van der Waals surface area contributed by atoms with Crippen molar-refractivity contribution in [2.45, 2.75) is 39.2 Å². The van der Waals surface area contributed by atoms with Crippen LogP contribution in [0.25, 0.3) is 0 Å². The van der Waals surface area contributed by atoms with Crippen molar-refractivity contribution in [3.8, 4) is 0 Å². The van der Waals surface area contributed by atoms with Gasteiger partial charge in [-0.15, -0.1) is 0 Å². The lowest BCUT2D eigenvalue weighted by atomic mass is 10.2. The van der Waals surface area contributed by atoms with Gasteiger partial charge in [0.15, 0.2) is 6.29 Å². The van der Waals surface area contributed by atoms with Crippen LogP contribution in [-0.4, -0.2) is 23.4 Å². The van der Waals surface area contributed by atoms with Crippen molar-refractivity contribution >= 4 is 12.3 Å². The third-order valence-electron chi connectivity index (χ3n) is 2.51. The summed E-state index contributed by atoms with van der Waals surface area (Å²) in [6, 6.07) is 1.80. The molecule has 1 aromatic heterocycles. The molecule has 94 valence electrons. The number of unbranched alkanes of at least 4 members (excludes halogenated alkanes) is 2. The van der Waals surface area contributed by atoms with E-state index in [0.717, 1.165) is 32.1 Å².